The van der Waals surface area contributed by atoms with E-state index in [0.29, 0.717) is 0 Å². The van der Waals surface area contributed by atoms with E-state index < -0.39 is 0 Å². The second-order valence-electron chi connectivity index (χ2n) is 13.0. The summed E-state index contributed by atoms with van der Waals surface area (Å²) in [5.74, 6) is 1.62. The lowest BCUT2D eigenvalue weighted by molar-refractivity contribution is 0.416. The molecule has 0 atom stereocenters. The standard InChI is InChI=1S/C37H54N4OS/c1-7-9-11-13-15-19-25-40(26-20-16-14-12-10-8-2)34-24-23-29(43-34)27-31-32(37(3,4)5)28-41-35(38-39-36(31)41)30-21-17-18-22-33(30)42-6/h17-18,21-24,27-28H,7-16,19-20,25-26H2,1-6H3. The van der Waals surface area contributed by atoms with E-state index in [-0.39, 0.29) is 5.41 Å². The fourth-order valence-corrected chi connectivity index (χ4v) is 6.90. The van der Waals surface area contributed by atoms with Gasteiger partial charge in [-0.05, 0) is 54.2 Å². The lowest BCUT2D eigenvalue weighted by Crippen LogP contribution is -2.24. The van der Waals surface area contributed by atoms with Crippen LogP contribution < -0.4 is 14.9 Å². The van der Waals surface area contributed by atoms with E-state index in [0.717, 1.165) is 41.1 Å². The van der Waals surface area contributed by atoms with Gasteiger partial charge in [-0.15, -0.1) is 21.5 Å². The maximum Gasteiger partial charge on any atom is 0.172 e. The number of nitrogens with zero attached hydrogens (tertiary/aromatic N) is 4. The van der Waals surface area contributed by atoms with Crippen LogP contribution >= 0.6 is 11.3 Å². The third-order valence-electron chi connectivity index (χ3n) is 8.42. The minimum Gasteiger partial charge on any atom is -0.496 e. The van der Waals surface area contributed by atoms with Gasteiger partial charge in [0, 0.05) is 29.4 Å². The van der Waals surface area contributed by atoms with Gasteiger partial charge in [-0.3, -0.25) is 4.40 Å². The van der Waals surface area contributed by atoms with Gasteiger partial charge in [-0.1, -0.05) is 111 Å². The molecule has 0 aliphatic rings. The summed E-state index contributed by atoms with van der Waals surface area (Å²) in [5, 5.41) is 11.9. The van der Waals surface area contributed by atoms with Crippen LogP contribution in [0.25, 0.3) is 23.1 Å². The maximum absolute atomic E-state index is 5.66. The summed E-state index contributed by atoms with van der Waals surface area (Å²) in [6.45, 7) is 13.7. The van der Waals surface area contributed by atoms with Gasteiger partial charge in [0.05, 0.1) is 17.7 Å². The van der Waals surface area contributed by atoms with Crippen LogP contribution in [0.15, 0.2) is 42.6 Å². The molecule has 0 amide bonds. The average molecular weight is 603 g/mol. The summed E-state index contributed by atoms with van der Waals surface area (Å²) in [4.78, 5) is 3.93. The number of thiophene rings is 1. The second kappa shape index (κ2) is 16.3. The number of fused-ring (bicyclic) bond motifs is 1. The maximum atomic E-state index is 5.66. The zero-order chi connectivity index (χ0) is 30.7. The fraction of sp³-hybridized carbons (Fsp3) is 0.568. The molecule has 43 heavy (non-hydrogen) atoms. The zero-order valence-electron chi connectivity index (χ0n) is 27.6. The number of unbranched alkanes of at least 4 members (excludes halogenated alkanes) is 10. The van der Waals surface area contributed by atoms with E-state index in [2.05, 4.69) is 79.5 Å². The zero-order valence-corrected chi connectivity index (χ0v) is 28.4. The number of rotatable bonds is 18. The minimum absolute atomic E-state index is 0.0355. The van der Waals surface area contributed by atoms with Crippen molar-refractivity contribution in [3.63, 3.8) is 0 Å². The quantitative estimate of drug-likeness (QED) is 0.106. The monoisotopic (exact) mass is 602 g/mol. The molecule has 0 aliphatic heterocycles. The van der Waals surface area contributed by atoms with Gasteiger partial charge in [0.2, 0.25) is 0 Å². The van der Waals surface area contributed by atoms with E-state index in [4.69, 9.17) is 9.84 Å². The first kappa shape index (κ1) is 33.0. The normalized spacial score (nSPS) is 12.5. The number of ether oxygens (including phenoxy) is 1. The van der Waals surface area contributed by atoms with Crippen molar-refractivity contribution in [2.75, 3.05) is 25.1 Å². The summed E-state index contributed by atoms with van der Waals surface area (Å²) in [6.07, 6.45) is 20.6. The molecule has 5 nitrogen and oxygen atoms in total. The number of hydrogen-bond donors (Lipinski definition) is 0. The van der Waals surface area contributed by atoms with Crippen LogP contribution in [0.1, 0.15) is 122 Å². The molecule has 0 N–H and O–H groups in total. The van der Waals surface area contributed by atoms with Crippen LogP contribution in [-0.2, 0) is 5.41 Å². The molecule has 0 radical (unpaired) electrons. The van der Waals surface area contributed by atoms with E-state index in [1.54, 1.807) is 7.11 Å². The minimum atomic E-state index is -0.0355. The highest BCUT2D eigenvalue weighted by Gasteiger charge is 2.23. The van der Waals surface area contributed by atoms with Gasteiger partial charge < -0.3 is 9.64 Å². The molecule has 3 heterocycles. The lowest BCUT2D eigenvalue weighted by atomic mass is 9.88. The molecule has 234 valence electrons. The van der Waals surface area contributed by atoms with Crippen molar-refractivity contribution in [3.8, 4) is 17.1 Å². The molecule has 4 rings (SSSR count). The Morgan fingerprint density at radius 3 is 2.07 bits per heavy atom. The Hall–Kier alpha value is -2.86. The molecule has 0 spiro atoms. The Bertz CT molecular complexity index is 1430. The molecular formula is C37H54N4OS. The molecule has 0 saturated heterocycles. The van der Waals surface area contributed by atoms with Crippen LogP contribution in [0.2, 0.25) is 0 Å². The van der Waals surface area contributed by atoms with Gasteiger partial charge in [-0.2, -0.15) is 0 Å². The smallest absolute Gasteiger partial charge is 0.172 e. The number of hydrogen-bond acceptors (Lipinski definition) is 5. The second-order valence-corrected chi connectivity index (χ2v) is 14.1. The Kier molecular flexibility index (Phi) is 12.5. The molecule has 6 heteroatoms. The predicted molar refractivity (Wildman–Crippen MR) is 186 cm³/mol. The Labute approximate surface area is 264 Å². The van der Waals surface area contributed by atoms with Crippen molar-refractivity contribution in [3.05, 3.63) is 58.3 Å². The number of para-hydroxylation sites is 1. The van der Waals surface area contributed by atoms with Gasteiger partial charge in [0.25, 0.3) is 0 Å². The van der Waals surface area contributed by atoms with Crippen molar-refractivity contribution < 1.29 is 4.74 Å². The summed E-state index contributed by atoms with van der Waals surface area (Å²) in [5.41, 5.74) is 3.09. The first-order valence-electron chi connectivity index (χ1n) is 16.7. The molecule has 1 aromatic carbocycles. The first-order chi connectivity index (χ1) is 20.9. The van der Waals surface area contributed by atoms with E-state index in [9.17, 15) is 0 Å². The van der Waals surface area contributed by atoms with E-state index >= 15 is 0 Å². The van der Waals surface area contributed by atoms with Crippen molar-refractivity contribution in [1.29, 1.82) is 0 Å². The number of aromatic nitrogens is 3. The Morgan fingerprint density at radius 1 is 0.814 bits per heavy atom. The topological polar surface area (TPSA) is 42.7 Å². The van der Waals surface area contributed by atoms with Crippen molar-refractivity contribution in [2.24, 2.45) is 0 Å². The number of anilines is 1. The highest BCUT2D eigenvalue weighted by molar-refractivity contribution is 7.16. The van der Waals surface area contributed by atoms with Crippen molar-refractivity contribution >= 4 is 28.1 Å². The summed E-state index contributed by atoms with van der Waals surface area (Å²) >= 11 is 1.91. The summed E-state index contributed by atoms with van der Waals surface area (Å²) in [6, 6.07) is 12.7. The van der Waals surface area contributed by atoms with E-state index in [1.165, 1.54) is 92.5 Å². The Morgan fingerprint density at radius 2 is 1.44 bits per heavy atom. The molecule has 0 fully saturated rings. The van der Waals surface area contributed by atoms with Gasteiger partial charge >= 0.3 is 0 Å². The summed E-state index contributed by atoms with van der Waals surface area (Å²) in [7, 11) is 1.71. The average Bonchev–Trinajstić information content (AvgIpc) is 3.72. The Balaban J connectivity index is 1.60. The van der Waals surface area contributed by atoms with E-state index in [1.807, 2.05) is 29.5 Å². The SMILES string of the molecule is CCCCCCCCN(CCCCCCCC)c1ccc(C=c2c(C(C)(C)C)cn3c(-c4ccccc4OC)nnc23)s1. The van der Waals surface area contributed by atoms with Crippen LogP contribution in [0.4, 0.5) is 5.00 Å². The third kappa shape index (κ3) is 8.84. The van der Waals surface area contributed by atoms with Gasteiger partial charge in [0.15, 0.2) is 11.5 Å². The van der Waals surface area contributed by atoms with Gasteiger partial charge in [-0.25, -0.2) is 0 Å². The number of benzene rings is 1. The fourth-order valence-electron chi connectivity index (χ4n) is 5.90. The molecule has 0 aliphatic carbocycles. The largest absolute Gasteiger partial charge is 0.496 e. The number of methoxy groups -OCH3 is 1. The van der Waals surface area contributed by atoms with Crippen LogP contribution in [-0.4, -0.2) is 34.8 Å². The molecule has 0 unspecified atom stereocenters. The lowest BCUT2D eigenvalue weighted by Gasteiger charge is -2.23. The van der Waals surface area contributed by atoms with Crippen LogP contribution in [0.3, 0.4) is 0 Å². The van der Waals surface area contributed by atoms with Crippen LogP contribution in [0.5, 0.6) is 5.75 Å². The van der Waals surface area contributed by atoms with Crippen LogP contribution in [0, 0.1) is 0 Å². The molecule has 0 saturated carbocycles. The third-order valence-corrected chi connectivity index (χ3v) is 9.51. The molecule has 0 bridgehead atoms. The highest BCUT2D eigenvalue weighted by Crippen LogP contribution is 2.31. The molecule has 3 aromatic heterocycles. The highest BCUT2D eigenvalue weighted by atomic mass is 32.1. The summed E-state index contributed by atoms with van der Waals surface area (Å²) < 4.78 is 7.80. The first-order valence-corrected chi connectivity index (χ1v) is 17.6. The van der Waals surface area contributed by atoms with Crippen molar-refractivity contribution in [1.82, 2.24) is 14.6 Å². The van der Waals surface area contributed by atoms with Gasteiger partial charge in [0.1, 0.15) is 5.75 Å². The molecule has 4 aromatic rings. The molecular weight excluding hydrogens is 549 g/mol. The van der Waals surface area contributed by atoms with Crippen molar-refractivity contribution in [2.45, 2.75) is 117 Å². The predicted octanol–water partition coefficient (Wildman–Crippen LogP) is 9.84.